The third kappa shape index (κ3) is 3.89. The molecule has 1 N–H and O–H groups in total. The predicted molar refractivity (Wildman–Crippen MR) is 128 cm³/mol. The van der Waals surface area contributed by atoms with Crippen molar-refractivity contribution < 1.29 is 28.5 Å². The van der Waals surface area contributed by atoms with Gasteiger partial charge in [-0.25, -0.2) is 4.79 Å². The van der Waals surface area contributed by atoms with E-state index in [1.165, 1.54) is 4.90 Å². The fraction of sp³-hybridized carbons (Fsp3) is 0.231. The molecule has 3 amide bonds. The number of carbonyl (C=O) groups is 2. The zero-order valence-electron chi connectivity index (χ0n) is 19.2. The Morgan fingerprint density at radius 3 is 2.06 bits per heavy atom. The number of ether oxygens (including phenoxy) is 4. The minimum atomic E-state index is -1.42. The number of benzene rings is 3. The largest absolute Gasteiger partial charge is 0.497 e. The van der Waals surface area contributed by atoms with Crippen LogP contribution >= 0.6 is 11.6 Å². The first-order valence-electron chi connectivity index (χ1n) is 11.0. The van der Waals surface area contributed by atoms with Crippen LogP contribution in [0, 0.1) is 0 Å². The number of nitrogens with one attached hydrogen (secondary N) is 1. The zero-order chi connectivity index (χ0) is 24.6. The van der Waals surface area contributed by atoms with Gasteiger partial charge in [0.25, 0.3) is 5.91 Å². The van der Waals surface area contributed by atoms with Crippen LogP contribution in [0.25, 0.3) is 0 Å². The van der Waals surface area contributed by atoms with E-state index in [9.17, 15) is 9.59 Å². The molecule has 2 heterocycles. The van der Waals surface area contributed by atoms with E-state index in [-0.39, 0.29) is 6.54 Å². The van der Waals surface area contributed by atoms with Crippen LogP contribution in [0.1, 0.15) is 16.7 Å². The average molecular weight is 495 g/mol. The summed E-state index contributed by atoms with van der Waals surface area (Å²) in [7, 11) is 3.13. The highest BCUT2D eigenvalue weighted by Gasteiger charge is 2.53. The van der Waals surface area contributed by atoms with Crippen LogP contribution < -0.4 is 24.3 Å². The molecular formula is C26H23ClN2O6. The summed E-state index contributed by atoms with van der Waals surface area (Å²) in [5, 5.41) is 3.30. The second-order valence-electron chi connectivity index (χ2n) is 8.13. The molecule has 5 rings (SSSR count). The summed E-state index contributed by atoms with van der Waals surface area (Å²) in [6.07, 6.45) is 0. The normalized spacial score (nSPS) is 16.1. The smallest absolute Gasteiger partial charge is 0.325 e. The van der Waals surface area contributed by atoms with E-state index < -0.39 is 17.5 Å². The summed E-state index contributed by atoms with van der Waals surface area (Å²) in [6.45, 7) is 0.814. The molecule has 1 fully saturated rings. The van der Waals surface area contributed by atoms with Crippen LogP contribution in [0.3, 0.4) is 0 Å². The van der Waals surface area contributed by atoms with E-state index >= 15 is 0 Å². The molecule has 2 aliphatic heterocycles. The molecule has 0 radical (unpaired) electrons. The number of nitrogens with zero attached hydrogens (tertiary/aromatic N) is 1. The first kappa shape index (κ1) is 22.9. The van der Waals surface area contributed by atoms with Gasteiger partial charge in [-0.3, -0.25) is 9.69 Å². The molecule has 2 aliphatic rings. The molecule has 35 heavy (non-hydrogen) atoms. The SMILES string of the molecule is COc1ccc(C2(c3ccc(OC)cc3)NC(=O)N(Cc3cc(Cl)c4c(c3)OCCO4)C2=O)cc1. The predicted octanol–water partition coefficient (Wildman–Crippen LogP) is 4.12. The van der Waals surface area contributed by atoms with Crippen molar-refractivity contribution in [3.05, 3.63) is 82.4 Å². The van der Waals surface area contributed by atoms with E-state index in [0.29, 0.717) is 57.9 Å². The van der Waals surface area contributed by atoms with Gasteiger partial charge in [0.15, 0.2) is 17.0 Å². The number of rotatable bonds is 6. The Balaban J connectivity index is 1.55. The number of methoxy groups -OCH3 is 2. The average Bonchev–Trinajstić information content (AvgIpc) is 3.14. The van der Waals surface area contributed by atoms with Gasteiger partial charge >= 0.3 is 6.03 Å². The maximum atomic E-state index is 14.0. The Kier molecular flexibility index (Phi) is 5.90. The fourth-order valence-corrected chi connectivity index (χ4v) is 4.69. The highest BCUT2D eigenvalue weighted by Crippen LogP contribution is 2.41. The molecule has 0 aromatic heterocycles. The fourth-order valence-electron chi connectivity index (χ4n) is 4.40. The van der Waals surface area contributed by atoms with Crippen molar-refractivity contribution in [2.45, 2.75) is 12.1 Å². The molecule has 0 aliphatic carbocycles. The number of fused-ring (bicyclic) bond motifs is 1. The third-order valence-corrected chi connectivity index (χ3v) is 6.43. The number of hydrogen-bond acceptors (Lipinski definition) is 6. The van der Waals surface area contributed by atoms with Gasteiger partial charge in [-0.15, -0.1) is 0 Å². The molecule has 0 atom stereocenters. The van der Waals surface area contributed by atoms with Crippen molar-refractivity contribution in [2.24, 2.45) is 0 Å². The zero-order valence-corrected chi connectivity index (χ0v) is 19.9. The first-order chi connectivity index (χ1) is 17.0. The number of urea groups is 1. The standard InChI is InChI=1S/C26H23ClN2O6/c1-32-19-7-3-17(4-8-19)26(18-5-9-20(33-2)10-6-18)24(30)29(25(31)28-26)15-16-13-21(27)23-22(14-16)34-11-12-35-23/h3-10,13-14H,11-12,15H2,1-2H3,(H,28,31). The third-order valence-electron chi connectivity index (χ3n) is 6.15. The number of carbonyl (C=O) groups excluding carboxylic acids is 2. The van der Waals surface area contributed by atoms with E-state index in [4.69, 9.17) is 30.5 Å². The van der Waals surface area contributed by atoms with Gasteiger partial charge in [0.2, 0.25) is 0 Å². The number of amides is 3. The molecule has 0 unspecified atom stereocenters. The van der Waals surface area contributed by atoms with Crippen LogP contribution in [-0.2, 0) is 16.9 Å². The minimum absolute atomic E-state index is 0.00901. The molecule has 9 heteroatoms. The maximum Gasteiger partial charge on any atom is 0.325 e. The van der Waals surface area contributed by atoms with E-state index in [2.05, 4.69) is 5.32 Å². The van der Waals surface area contributed by atoms with Gasteiger partial charge in [-0.1, -0.05) is 35.9 Å². The molecule has 0 bridgehead atoms. The van der Waals surface area contributed by atoms with Crippen LogP contribution in [0.5, 0.6) is 23.0 Å². The topological polar surface area (TPSA) is 86.3 Å². The molecular weight excluding hydrogens is 472 g/mol. The second-order valence-corrected chi connectivity index (χ2v) is 8.54. The summed E-state index contributed by atoms with van der Waals surface area (Å²) in [5.41, 5.74) is 0.421. The van der Waals surface area contributed by atoms with Crippen molar-refractivity contribution in [1.29, 1.82) is 0 Å². The van der Waals surface area contributed by atoms with Gasteiger partial charge in [-0.05, 0) is 53.1 Å². The second kappa shape index (κ2) is 9.03. The van der Waals surface area contributed by atoms with Crippen molar-refractivity contribution in [3.63, 3.8) is 0 Å². The molecule has 0 saturated carbocycles. The summed E-state index contributed by atoms with van der Waals surface area (Å²) < 4.78 is 21.8. The lowest BCUT2D eigenvalue weighted by Crippen LogP contribution is -2.45. The van der Waals surface area contributed by atoms with Gasteiger partial charge in [0.05, 0.1) is 25.8 Å². The Hall–Kier alpha value is -3.91. The lowest BCUT2D eigenvalue weighted by molar-refractivity contribution is -0.130. The molecule has 8 nitrogen and oxygen atoms in total. The molecule has 3 aromatic carbocycles. The van der Waals surface area contributed by atoms with Crippen LogP contribution in [0.4, 0.5) is 4.79 Å². The minimum Gasteiger partial charge on any atom is -0.497 e. The molecule has 180 valence electrons. The van der Waals surface area contributed by atoms with Crippen LogP contribution in [0.15, 0.2) is 60.7 Å². The van der Waals surface area contributed by atoms with Crippen molar-refractivity contribution in [3.8, 4) is 23.0 Å². The van der Waals surface area contributed by atoms with Crippen molar-refractivity contribution in [2.75, 3.05) is 27.4 Å². The summed E-state index contributed by atoms with van der Waals surface area (Å²) in [5.74, 6) is 1.81. The van der Waals surface area contributed by atoms with E-state index in [1.54, 1.807) is 74.9 Å². The highest BCUT2D eigenvalue weighted by molar-refractivity contribution is 6.32. The first-order valence-corrected chi connectivity index (χ1v) is 11.3. The lowest BCUT2D eigenvalue weighted by Gasteiger charge is -2.28. The van der Waals surface area contributed by atoms with Crippen molar-refractivity contribution in [1.82, 2.24) is 10.2 Å². The van der Waals surface area contributed by atoms with E-state index in [1.807, 2.05) is 0 Å². The Labute approximate surface area is 207 Å². The van der Waals surface area contributed by atoms with Gasteiger partial charge < -0.3 is 24.3 Å². The molecule has 1 saturated heterocycles. The Bertz CT molecular complexity index is 1230. The summed E-state index contributed by atoms with van der Waals surface area (Å²) >= 11 is 6.38. The van der Waals surface area contributed by atoms with Crippen LogP contribution in [-0.4, -0.2) is 44.3 Å². The quantitative estimate of drug-likeness (QED) is 0.519. The molecule has 3 aromatic rings. The van der Waals surface area contributed by atoms with Crippen LogP contribution in [0.2, 0.25) is 5.02 Å². The van der Waals surface area contributed by atoms with Gasteiger partial charge in [0.1, 0.15) is 24.7 Å². The highest BCUT2D eigenvalue weighted by atomic mass is 35.5. The van der Waals surface area contributed by atoms with Gasteiger partial charge in [-0.2, -0.15) is 0 Å². The number of halogens is 1. The summed E-state index contributed by atoms with van der Waals surface area (Å²) in [6, 6.07) is 17.0. The number of hydrogen-bond donors (Lipinski definition) is 1. The maximum absolute atomic E-state index is 14.0. The molecule has 0 spiro atoms. The Morgan fingerprint density at radius 2 is 1.49 bits per heavy atom. The Morgan fingerprint density at radius 1 is 0.914 bits per heavy atom. The van der Waals surface area contributed by atoms with Crippen molar-refractivity contribution >= 4 is 23.5 Å². The lowest BCUT2D eigenvalue weighted by atomic mass is 9.82. The number of imide groups is 1. The summed E-state index contributed by atoms with van der Waals surface area (Å²) in [4.78, 5) is 28.4. The monoisotopic (exact) mass is 494 g/mol. The van der Waals surface area contributed by atoms with E-state index in [0.717, 1.165) is 0 Å². The van der Waals surface area contributed by atoms with Gasteiger partial charge in [0, 0.05) is 0 Å².